The van der Waals surface area contributed by atoms with E-state index in [0.717, 1.165) is 32.5 Å². The van der Waals surface area contributed by atoms with Gasteiger partial charge in [-0.3, -0.25) is 4.90 Å². The van der Waals surface area contributed by atoms with Gasteiger partial charge >= 0.3 is 0 Å². The van der Waals surface area contributed by atoms with E-state index in [1.807, 2.05) is 0 Å². The summed E-state index contributed by atoms with van der Waals surface area (Å²) >= 11 is 0. The molecule has 0 bridgehead atoms. The number of nitrogens with zero attached hydrogens (tertiary/aromatic N) is 1. The van der Waals surface area contributed by atoms with Crippen LogP contribution in [0.15, 0.2) is 0 Å². The van der Waals surface area contributed by atoms with Gasteiger partial charge in [0.2, 0.25) is 0 Å². The highest BCUT2D eigenvalue weighted by Crippen LogP contribution is 2.23. The molecule has 0 saturated heterocycles. The zero-order valence-electron chi connectivity index (χ0n) is 11.7. The molecule has 17 heavy (non-hydrogen) atoms. The van der Waals surface area contributed by atoms with E-state index in [4.69, 9.17) is 10.2 Å². The van der Waals surface area contributed by atoms with Gasteiger partial charge in [0.25, 0.3) is 0 Å². The third-order valence-corrected chi connectivity index (χ3v) is 3.09. The summed E-state index contributed by atoms with van der Waals surface area (Å²) in [7, 11) is 0. The molecule has 0 aliphatic heterocycles. The maximum absolute atomic E-state index is 9.03. The van der Waals surface area contributed by atoms with Crippen LogP contribution in [0.2, 0.25) is 0 Å². The van der Waals surface area contributed by atoms with Gasteiger partial charge in [-0.05, 0) is 18.4 Å². The lowest BCUT2D eigenvalue weighted by Gasteiger charge is -2.35. The Morgan fingerprint density at radius 2 is 1.71 bits per heavy atom. The van der Waals surface area contributed by atoms with E-state index in [1.54, 1.807) is 0 Å². The van der Waals surface area contributed by atoms with Crippen LogP contribution >= 0.6 is 0 Å². The van der Waals surface area contributed by atoms with Crippen LogP contribution in [-0.4, -0.2) is 61.1 Å². The number of hydrogen-bond donors (Lipinski definition) is 3. The molecule has 0 aromatic heterocycles. The van der Waals surface area contributed by atoms with Gasteiger partial charge in [-0.15, -0.1) is 0 Å². The van der Waals surface area contributed by atoms with E-state index < -0.39 is 0 Å². The smallest absolute Gasteiger partial charge is 0.0558 e. The number of nitrogens with one attached hydrogen (secondary N) is 1. The predicted octanol–water partition coefficient (Wildman–Crippen LogP) is 0.689. The molecule has 0 saturated carbocycles. The average molecular weight is 246 g/mol. The second-order valence-corrected chi connectivity index (χ2v) is 5.06. The number of aliphatic hydroxyl groups excluding tert-OH is 2. The molecule has 0 aliphatic rings. The molecule has 4 heteroatoms. The van der Waals surface area contributed by atoms with E-state index in [9.17, 15) is 0 Å². The monoisotopic (exact) mass is 246 g/mol. The van der Waals surface area contributed by atoms with Crippen molar-refractivity contribution in [2.75, 3.05) is 45.9 Å². The molecule has 4 nitrogen and oxygen atoms in total. The summed E-state index contributed by atoms with van der Waals surface area (Å²) in [5, 5.41) is 21.5. The molecular formula is C13H30N2O2. The van der Waals surface area contributed by atoms with Gasteiger partial charge in [0.15, 0.2) is 0 Å². The van der Waals surface area contributed by atoms with Crippen LogP contribution in [0.1, 0.15) is 33.6 Å². The minimum atomic E-state index is 0.156. The molecule has 0 spiro atoms. The topological polar surface area (TPSA) is 55.7 Å². The highest BCUT2D eigenvalue weighted by Gasteiger charge is 2.25. The molecule has 0 fully saturated rings. The Labute approximate surface area is 106 Å². The van der Waals surface area contributed by atoms with Crippen molar-refractivity contribution in [1.82, 2.24) is 10.2 Å². The predicted molar refractivity (Wildman–Crippen MR) is 72.2 cm³/mol. The lowest BCUT2D eigenvalue weighted by molar-refractivity contribution is 0.106. The minimum Gasteiger partial charge on any atom is -0.395 e. The van der Waals surface area contributed by atoms with E-state index in [-0.39, 0.29) is 18.6 Å². The number of aliphatic hydroxyl groups is 2. The van der Waals surface area contributed by atoms with Crippen LogP contribution in [0, 0.1) is 5.41 Å². The Morgan fingerprint density at radius 3 is 2.12 bits per heavy atom. The Hall–Kier alpha value is -0.160. The Kier molecular flexibility index (Phi) is 9.74. The highest BCUT2D eigenvalue weighted by atomic mass is 16.3. The van der Waals surface area contributed by atoms with Gasteiger partial charge in [0, 0.05) is 26.2 Å². The molecule has 0 heterocycles. The SMILES string of the molecule is CCCC(C)(CNCC)CN(CCO)CCO. The first kappa shape index (κ1) is 16.8. The maximum atomic E-state index is 9.03. The van der Waals surface area contributed by atoms with Crippen molar-refractivity contribution in [2.24, 2.45) is 5.41 Å². The Bertz CT molecular complexity index is 173. The molecular weight excluding hydrogens is 216 g/mol. The lowest BCUT2D eigenvalue weighted by atomic mass is 9.84. The molecule has 1 unspecified atom stereocenters. The number of hydrogen-bond acceptors (Lipinski definition) is 4. The molecule has 0 aliphatic carbocycles. The summed E-state index contributed by atoms with van der Waals surface area (Å²) in [6.45, 7) is 11.1. The van der Waals surface area contributed by atoms with Crippen molar-refractivity contribution in [1.29, 1.82) is 0 Å². The standard InChI is InChI=1S/C13H30N2O2/c1-4-6-13(3,11-14-5-2)12-15(7-9-16)8-10-17/h14,16-17H,4-12H2,1-3H3. The second kappa shape index (κ2) is 9.83. The first-order valence-electron chi connectivity index (χ1n) is 6.76. The fourth-order valence-corrected chi connectivity index (χ4v) is 2.35. The maximum Gasteiger partial charge on any atom is 0.0558 e. The second-order valence-electron chi connectivity index (χ2n) is 5.06. The largest absolute Gasteiger partial charge is 0.395 e. The van der Waals surface area contributed by atoms with Crippen molar-refractivity contribution < 1.29 is 10.2 Å². The van der Waals surface area contributed by atoms with Crippen LogP contribution in [0.3, 0.4) is 0 Å². The summed E-state index contributed by atoms with van der Waals surface area (Å²) in [5.41, 5.74) is 0.217. The van der Waals surface area contributed by atoms with Crippen molar-refractivity contribution in [2.45, 2.75) is 33.6 Å². The van der Waals surface area contributed by atoms with Gasteiger partial charge in [0.05, 0.1) is 13.2 Å². The summed E-state index contributed by atoms with van der Waals surface area (Å²) in [6, 6.07) is 0. The van der Waals surface area contributed by atoms with Gasteiger partial charge in [-0.25, -0.2) is 0 Å². The van der Waals surface area contributed by atoms with Crippen molar-refractivity contribution in [3.05, 3.63) is 0 Å². The highest BCUT2D eigenvalue weighted by molar-refractivity contribution is 4.80. The average Bonchev–Trinajstić information content (AvgIpc) is 2.27. The zero-order chi connectivity index (χ0) is 13.1. The van der Waals surface area contributed by atoms with Crippen LogP contribution in [-0.2, 0) is 0 Å². The molecule has 1 atom stereocenters. The quantitative estimate of drug-likeness (QED) is 0.502. The van der Waals surface area contributed by atoms with Gasteiger partial charge in [-0.2, -0.15) is 0 Å². The van der Waals surface area contributed by atoms with Crippen LogP contribution in [0.5, 0.6) is 0 Å². The van der Waals surface area contributed by atoms with Crippen LogP contribution in [0.25, 0.3) is 0 Å². The fraction of sp³-hybridized carbons (Fsp3) is 1.00. The normalized spacial score (nSPS) is 15.2. The molecule has 104 valence electrons. The molecule has 3 N–H and O–H groups in total. The summed E-state index contributed by atoms with van der Waals surface area (Å²) < 4.78 is 0. The molecule has 0 aromatic carbocycles. The molecule has 0 radical (unpaired) electrons. The summed E-state index contributed by atoms with van der Waals surface area (Å²) in [6.07, 6.45) is 2.32. The fourth-order valence-electron chi connectivity index (χ4n) is 2.35. The van der Waals surface area contributed by atoms with E-state index >= 15 is 0 Å². The van der Waals surface area contributed by atoms with Gasteiger partial charge < -0.3 is 15.5 Å². The Balaban J connectivity index is 4.34. The van der Waals surface area contributed by atoms with Crippen LogP contribution in [0.4, 0.5) is 0 Å². The zero-order valence-corrected chi connectivity index (χ0v) is 11.7. The first-order valence-corrected chi connectivity index (χ1v) is 6.76. The van der Waals surface area contributed by atoms with Gasteiger partial charge in [-0.1, -0.05) is 27.2 Å². The molecule has 0 rings (SSSR count). The molecule has 0 amide bonds. The van der Waals surface area contributed by atoms with Crippen molar-refractivity contribution >= 4 is 0 Å². The van der Waals surface area contributed by atoms with Crippen molar-refractivity contribution in [3.63, 3.8) is 0 Å². The third-order valence-electron chi connectivity index (χ3n) is 3.09. The van der Waals surface area contributed by atoms with Gasteiger partial charge in [0.1, 0.15) is 0 Å². The first-order chi connectivity index (χ1) is 8.11. The van der Waals surface area contributed by atoms with Crippen LogP contribution < -0.4 is 5.32 Å². The number of rotatable bonds is 11. The van der Waals surface area contributed by atoms with E-state index in [1.165, 1.54) is 0 Å². The van der Waals surface area contributed by atoms with E-state index in [2.05, 4.69) is 31.0 Å². The lowest BCUT2D eigenvalue weighted by Crippen LogP contribution is -2.44. The molecule has 0 aromatic rings. The third kappa shape index (κ3) is 7.71. The summed E-state index contributed by atoms with van der Waals surface area (Å²) in [4.78, 5) is 2.15. The van der Waals surface area contributed by atoms with Crippen molar-refractivity contribution in [3.8, 4) is 0 Å². The van der Waals surface area contributed by atoms with E-state index in [0.29, 0.717) is 13.1 Å². The minimum absolute atomic E-state index is 0.156. The Morgan fingerprint density at radius 1 is 1.12 bits per heavy atom. The summed E-state index contributed by atoms with van der Waals surface area (Å²) in [5.74, 6) is 0.